The lowest BCUT2D eigenvalue weighted by atomic mass is 9.88. The maximum atomic E-state index is 11.0. The van der Waals surface area contributed by atoms with Crippen LogP contribution >= 0.6 is 0 Å². The molecule has 0 spiro atoms. The highest BCUT2D eigenvalue weighted by molar-refractivity contribution is 5.96. The van der Waals surface area contributed by atoms with E-state index in [1.54, 1.807) is 0 Å². The molecule has 1 atom stereocenters. The van der Waals surface area contributed by atoms with Gasteiger partial charge in [-0.25, -0.2) is 0 Å². The second kappa shape index (κ2) is 13.1. The van der Waals surface area contributed by atoms with Gasteiger partial charge >= 0.3 is 0 Å². The molecule has 2 rings (SSSR count). The van der Waals surface area contributed by atoms with Gasteiger partial charge in [-0.15, -0.1) is 0 Å². The summed E-state index contributed by atoms with van der Waals surface area (Å²) in [6.45, 7) is 16.4. The molecule has 3 N–H and O–H groups in total. The molecule has 0 saturated carbocycles. The van der Waals surface area contributed by atoms with Crippen LogP contribution in [0.25, 0.3) is 10.8 Å². The average molecular weight is 493 g/mol. The number of aryl methyl sites for hydroxylation is 2. The zero-order valence-corrected chi connectivity index (χ0v) is 23.9. The van der Waals surface area contributed by atoms with Crippen LogP contribution in [0.1, 0.15) is 102 Å². The molecule has 198 valence electrons. The number of benzene rings is 2. The summed E-state index contributed by atoms with van der Waals surface area (Å²) < 4.78 is 0. The summed E-state index contributed by atoms with van der Waals surface area (Å²) in [5.74, 6) is 0.444. The van der Waals surface area contributed by atoms with E-state index < -0.39 is 5.60 Å². The minimum absolute atomic E-state index is 0.221. The molecule has 36 heavy (non-hydrogen) atoms. The Kier molecular flexibility index (Phi) is 10.8. The molecule has 0 heterocycles. The molecule has 0 aliphatic heterocycles. The number of aromatic hydroxyl groups is 2. The third kappa shape index (κ3) is 8.55. The van der Waals surface area contributed by atoms with Gasteiger partial charge in [0.1, 0.15) is 11.5 Å². The van der Waals surface area contributed by atoms with Gasteiger partial charge in [0.05, 0.1) is 5.60 Å². The van der Waals surface area contributed by atoms with Crippen molar-refractivity contribution in [2.24, 2.45) is 0 Å². The van der Waals surface area contributed by atoms with Crippen molar-refractivity contribution in [1.29, 1.82) is 0 Å². The number of fused-ring (bicyclic) bond motifs is 1. The molecule has 0 aliphatic carbocycles. The summed E-state index contributed by atoms with van der Waals surface area (Å²) in [7, 11) is 0. The molecule has 0 fully saturated rings. The van der Waals surface area contributed by atoms with Gasteiger partial charge in [-0.3, -0.25) is 0 Å². The van der Waals surface area contributed by atoms with Crippen molar-refractivity contribution in [3.05, 3.63) is 69.3 Å². The van der Waals surface area contributed by atoms with Gasteiger partial charge in [-0.2, -0.15) is 0 Å². The number of phenols is 2. The maximum Gasteiger partial charge on any atom is 0.127 e. The standard InChI is InChI=1S/C33H48O3/c1-22(2)12-9-13-23(3)14-10-15-24(4)16-11-18-33(8,36)19-17-28-27(7)31(34)29-20-25(5)26(6)21-30(29)32(28)35/h12,14,16,20-21,34-36H,9-11,13,15,17-19H2,1-8H3. The molecule has 3 nitrogen and oxygen atoms in total. The topological polar surface area (TPSA) is 60.7 Å². The number of hydrogen-bond donors (Lipinski definition) is 3. The predicted molar refractivity (Wildman–Crippen MR) is 155 cm³/mol. The van der Waals surface area contributed by atoms with E-state index in [1.165, 1.54) is 16.7 Å². The quantitative estimate of drug-likeness (QED) is 0.204. The van der Waals surface area contributed by atoms with Crippen molar-refractivity contribution in [3.8, 4) is 11.5 Å². The normalized spacial score (nSPS) is 14.2. The summed E-state index contributed by atoms with van der Waals surface area (Å²) >= 11 is 0. The van der Waals surface area contributed by atoms with Crippen molar-refractivity contribution in [3.63, 3.8) is 0 Å². The smallest absolute Gasteiger partial charge is 0.127 e. The van der Waals surface area contributed by atoms with E-state index in [0.717, 1.165) is 48.8 Å². The van der Waals surface area contributed by atoms with Crippen molar-refractivity contribution in [2.45, 2.75) is 112 Å². The Balaban J connectivity index is 1.94. The van der Waals surface area contributed by atoms with Gasteiger partial charge in [-0.1, -0.05) is 34.9 Å². The highest BCUT2D eigenvalue weighted by atomic mass is 16.3. The molecule has 0 bridgehead atoms. The average Bonchev–Trinajstić information content (AvgIpc) is 2.78. The van der Waals surface area contributed by atoms with E-state index >= 15 is 0 Å². The minimum atomic E-state index is -0.842. The second-order valence-corrected chi connectivity index (χ2v) is 11.3. The van der Waals surface area contributed by atoms with Crippen LogP contribution in [0, 0.1) is 20.8 Å². The van der Waals surface area contributed by atoms with Crippen LogP contribution in [0.15, 0.2) is 47.1 Å². The summed E-state index contributed by atoms with van der Waals surface area (Å²) in [6.07, 6.45) is 13.8. The molecule has 2 aromatic rings. The second-order valence-electron chi connectivity index (χ2n) is 11.3. The molecule has 2 aromatic carbocycles. The third-order valence-corrected chi connectivity index (χ3v) is 7.45. The van der Waals surface area contributed by atoms with Crippen LogP contribution in [-0.2, 0) is 6.42 Å². The highest BCUT2D eigenvalue weighted by Crippen LogP contribution is 2.41. The van der Waals surface area contributed by atoms with Gasteiger partial charge in [0.15, 0.2) is 0 Å². The summed E-state index contributed by atoms with van der Waals surface area (Å²) in [5.41, 5.74) is 6.93. The lowest BCUT2D eigenvalue weighted by Crippen LogP contribution is -2.24. The van der Waals surface area contributed by atoms with E-state index in [2.05, 4.69) is 45.9 Å². The molecule has 0 amide bonds. The summed E-state index contributed by atoms with van der Waals surface area (Å²) in [6, 6.07) is 3.87. The fraction of sp³-hybridized carbons (Fsp3) is 0.515. The van der Waals surface area contributed by atoms with Crippen LogP contribution in [0.3, 0.4) is 0 Å². The lowest BCUT2D eigenvalue weighted by molar-refractivity contribution is 0.0431. The molecule has 0 aromatic heterocycles. The van der Waals surface area contributed by atoms with Crippen LogP contribution in [0.5, 0.6) is 11.5 Å². The van der Waals surface area contributed by atoms with E-state index in [-0.39, 0.29) is 11.5 Å². The monoisotopic (exact) mass is 492 g/mol. The zero-order chi connectivity index (χ0) is 27.0. The van der Waals surface area contributed by atoms with Gasteiger partial charge < -0.3 is 15.3 Å². The SMILES string of the molecule is CC(C)=CCCC(C)=CCCC(C)=CCCC(C)(O)CCc1c(C)c(O)c2cc(C)c(C)cc2c1O. The van der Waals surface area contributed by atoms with E-state index in [4.69, 9.17) is 0 Å². The van der Waals surface area contributed by atoms with Gasteiger partial charge in [-0.05, 0) is 136 Å². The molecular formula is C33H48O3. The fourth-order valence-electron chi connectivity index (χ4n) is 4.69. The Morgan fingerprint density at radius 3 is 1.81 bits per heavy atom. The molecular weight excluding hydrogens is 444 g/mol. The van der Waals surface area contributed by atoms with E-state index in [0.29, 0.717) is 35.6 Å². The number of aliphatic hydroxyl groups is 1. The third-order valence-electron chi connectivity index (χ3n) is 7.45. The first-order valence-corrected chi connectivity index (χ1v) is 13.4. The molecule has 3 heteroatoms. The molecule has 0 radical (unpaired) electrons. The van der Waals surface area contributed by atoms with Gasteiger partial charge in [0, 0.05) is 16.3 Å². The Labute approximate surface area is 219 Å². The lowest BCUT2D eigenvalue weighted by Gasteiger charge is -2.24. The number of allylic oxidation sites excluding steroid dienone is 6. The summed E-state index contributed by atoms with van der Waals surface area (Å²) in [4.78, 5) is 0. The Morgan fingerprint density at radius 1 is 0.750 bits per heavy atom. The summed E-state index contributed by atoms with van der Waals surface area (Å²) in [5, 5.41) is 34.2. The van der Waals surface area contributed by atoms with Gasteiger partial charge in [0.25, 0.3) is 0 Å². The Hall–Kier alpha value is -2.52. The molecule has 0 aliphatic rings. The van der Waals surface area contributed by atoms with Crippen molar-refractivity contribution >= 4 is 10.8 Å². The molecule has 1 unspecified atom stereocenters. The maximum absolute atomic E-state index is 11.0. The van der Waals surface area contributed by atoms with Crippen LogP contribution < -0.4 is 0 Å². The van der Waals surface area contributed by atoms with E-state index in [9.17, 15) is 15.3 Å². The molecule has 0 saturated heterocycles. The van der Waals surface area contributed by atoms with E-state index in [1.807, 2.05) is 39.8 Å². The minimum Gasteiger partial charge on any atom is -0.507 e. The van der Waals surface area contributed by atoms with Gasteiger partial charge in [0.2, 0.25) is 0 Å². The highest BCUT2D eigenvalue weighted by Gasteiger charge is 2.23. The first-order chi connectivity index (χ1) is 16.8. The Bertz CT molecular complexity index is 1140. The predicted octanol–water partition coefficient (Wildman–Crippen LogP) is 9.06. The number of rotatable bonds is 12. The van der Waals surface area contributed by atoms with Crippen molar-refractivity contribution in [1.82, 2.24) is 0 Å². The van der Waals surface area contributed by atoms with Crippen LogP contribution in [0.2, 0.25) is 0 Å². The van der Waals surface area contributed by atoms with Crippen molar-refractivity contribution < 1.29 is 15.3 Å². The van der Waals surface area contributed by atoms with Crippen LogP contribution in [-0.4, -0.2) is 20.9 Å². The van der Waals surface area contributed by atoms with Crippen LogP contribution in [0.4, 0.5) is 0 Å². The van der Waals surface area contributed by atoms with Crippen molar-refractivity contribution in [2.75, 3.05) is 0 Å². The number of phenolic OH excluding ortho intramolecular Hbond substituents is 2. The fourth-order valence-corrected chi connectivity index (χ4v) is 4.69. The first kappa shape index (κ1) is 29.7. The largest absolute Gasteiger partial charge is 0.507 e. The number of hydrogen-bond acceptors (Lipinski definition) is 3. The first-order valence-electron chi connectivity index (χ1n) is 13.4. The Morgan fingerprint density at radius 2 is 1.25 bits per heavy atom. The zero-order valence-electron chi connectivity index (χ0n) is 23.9.